The molecule has 9 aliphatic heterocycles. The number of hydrogen-bond acceptors (Lipinski definition) is 12. The van der Waals surface area contributed by atoms with Crippen molar-refractivity contribution < 1.29 is 19.4 Å². The lowest BCUT2D eigenvalue weighted by atomic mass is 9.65. The van der Waals surface area contributed by atoms with E-state index in [2.05, 4.69) is 368 Å². The largest absolute Gasteiger partial charge is 0.490 e. The molecule has 2 spiro atoms. The molecule has 2 N–H and O–H groups in total. The molecule has 9 heterocycles. The fraction of sp³-hybridized carbons (Fsp3) is 0.616. The maximum atomic E-state index is 12.3. The van der Waals surface area contributed by atoms with E-state index < -0.39 is 5.60 Å². The number of amides is 2. The first-order valence-electron chi connectivity index (χ1n) is 48.8. The Kier molecular flexibility index (Phi) is 31.6. The summed E-state index contributed by atoms with van der Waals surface area (Å²) in [5.41, 5.74) is 18.6. The summed E-state index contributed by atoms with van der Waals surface area (Å²) in [6, 6.07) is 63.8. The number of piperidine rings is 3. The molecule has 0 radical (unpaired) electrons. The molecule has 1 aliphatic carbocycles. The number of methoxy groups -OCH3 is 1. The zero-order valence-corrected chi connectivity index (χ0v) is 83.8. The molecule has 4 fully saturated rings. The second-order valence-electron chi connectivity index (χ2n) is 46.1. The Morgan fingerprint density at radius 3 is 1.42 bits per heavy atom. The molecule has 126 heavy (non-hydrogen) atoms. The highest BCUT2D eigenvalue weighted by atomic mass is 16.5. The number of para-hydroxylation sites is 7. The minimum absolute atomic E-state index is 0.0822. The zero-order chi connectivity index (χ0) is 91.8. The fourth-order valence-corrected chi connectivity index (χ4v) is 22.0. The van der Waals surface area contributed by atoms with Crippen LogP contribution in [0, 0.1) is 5.92 Å². The second kappa shape index (κ2) is 40.3. The van der Waals surface area contributed by atoms with Crippen molar-refractivity contribution in [3.63, 3.8) is 0 Å². The quantitative estimate of drug-likeness (QED) is 0.172. The molecule has 14 nitrogen and oxygen atoms in total. The van der Waals surface area contributed by atoms with Gasteiger partial charge in [0, 0.05) is 162 Å². The summed E-state index contributed by atoms with van der Waals surface area (Å²) in [5.74, 6) is 2.09. The minimum atomic E-state index is -0.631. The Morgan fingerprint density at radius 1 is 0.444 bits per heavy atom. The summed E-state index contributed by atoms with van der Waals surface area (Å²) in [6.07, 6.45) is 15.5. The second-order valence-corrected chi connectivity index (χ2v) is 46.1. The maximum Gasteiger partial charge on any atom is 0.317 e. The Morgan fingerprint density at radius 2 is 0.889 bits per heavy atom. The van der Waals surface area contributed by atoms with Gasteiger partial charge in [0.15, 0.2) is 0 Å². The summed E-state index contributed by atoms with van der Waals surface area (Å²) in [7, 11) is 1.79. The van der Waals surface area contributed by atoms with Crippen LogP contribution < -0.4 is 39.5 Å². The first-order valence-corrected chi connectivity index (χ1v) is 48.8. The number of rotatable bonds is 5. The van der Waals surface area contributed by atoms with Crippen molar-refractivity contribution in [3.05, 3.63) is 209 Å². The third kappa shape index (κ3) is 23.5. The Labute approximate surface area is 766 Å². The number of aliphatic hydroxyl groups is 1. The summed E-state index contributed by atoms with van der Waals surface area (Å²) in [5, 5.41) is 14.5. The van der Waals surface area contributed by atoms with Gasteiger partial charge in [0.05, 0.1) is 24.4 Å². The van der Waals surface area contributed by atoms with Gasteiger partial charge < -0.3 is 59.1 Å². The molecule has 7 aromatic carbocycles. The standard InChI is InChI=1S/C20H31N3O.C19H30N2O.C19H29NO.C15H23N.C14H21N.C13H19N.C12H17NO/c1-15(2)21-18(24)22-12-10-20(11-13-22)14-23(19(3,4)5)17-9-7-6-8-16(17)20;1-18(2,3)21-15-19(16-7-5-6-8-17(16)21)9-11-20(12-10-19)13-14-22-4;1-18(2,3)20-14-13-19(21,15-9-5-4-6-10-15)16-11-7-8-12-17(16)20;1-14(2,3)16-11-10-15(4,5)12-8-6-7-9-13(12)16;1-11-9-10-15(14(2,3)4)13-8-6-5-7-12(11)13;1-13(2,3)14-10-6-8-11-7-4-5-9-12(11)14;1-12(2,3)13-8-9-14-11-7-5-4-6-10(11)13/h6-9,15H,10-14H2,1-5H3,(H,21,24);5-8H,9-15H2,1-4H3;4-6,9-10,16-17,21H,7-8,11-14H2,1-3H3;6-9H,10-11H2,1-5H3;5-8,11H,9-10H2,1-4H3;4-5,7,9H,6,8,10H2,1-3H3;4-7H,8-9H2,1-3H3. The van der Waals surface area contributed by atoms with Gasteiger partial charge >= 0.3 is 6.03 Å². The minimum Gasteiger partial charge on any atom is -0.490 e. The van der Waals surface area contributed by atoms with E-state index in [1.54, 1.807) is 12.7 Å². The number of benzene rings is 7. The summed E-state index contributed by atoms with van der Waals surface area (Å²) < 4.78 is 10.8. The van der Waals surface area contributed by atoms with E-state index in [9.17, 15) is 9.90 Å². The smallest absolute Gasteiger partial charge is 0.317 e. The number of urea groups is 1. The van der Waals surface area contributed by atoms with Gasteiger partial charge in [0.1, 0.15) is 12.4 Å². The van der Waals surface area contributed by atoms with Gasteiger partial charge in [0.2, 0.25) is 0 Å². The van der Waals surface area contributed by atoms with Crippen LogP contribution in [0.3, 0.4) is 0 Å². The van der Waals surface area contributed by atoms with E-state index in [1.807, 2.05) is 36.9 Å². The SMILES string of the molecule is CC(C)(C)N1CCC(O)(c2ccccc2)C2CCCCC21.CC(C)(C)N1CCCc2ccccc21.CC(C)(C)N1CCOc2ccccc21.CC(C)NC(=O)N1CCC2(CC1)CN(C(C)(C)C)c1ccccc12.CC1(C)CCN(C(C)(C)C)c2ccccc21.CC1CCN(C(C)(C)C)c2ccccc21.COCCN1CCC2(CC1)CN(C(C)(C)C)c1ccccc12. The number of likely N-dealkylation sites (tertiary alicyclic amines) is 3. The Hall–Kier alpha value is -7.75. The monoisotopic (exact) mass is 1720 g/mol. The maximum absolute atomic E-state index is 12.3. The molecule has 4 unspecified atom stereocenters. The number of carbonyl (C=O) groups excluding carboxylic acids is 1. The summed E-state index contributed by atoms with van der Waals surface area (Å²) in [4.78, 5) is 34.6. The van der Waals surface area contributed by atoms with Crippen molar-refractivity contribution in [2.75, 3.05) is 128 Å². The van der Waals surface area contributed by atoms with Crippen LogP contribution in [0.4, 0.5) is 38.9 Å². The van der Waals surface area contributed by atoms with Crippen molar-refractivity contribution in [1.82, 2.24) is 20.0 Å². The highest BCUT2D eigenvalue weighted by molar-refractivity contribution is 5.75. The molecule has 2 amide bonds. The lowest BCUT2D eigenvalue weighted by molar-refractivity contribution is -0.140. The molecule has 7 aromatic rings. The predicted molar refractivity (Wildman–Crippen MR) is 538 cm³/mol. The average molecular weight is 1720 g/mol. The zero-order valence-electron chi connectivity index (χ0n) is 83.8. The third-order valence-corrected chi connectivity index (χ3v) is 29.0. The lowest BCUT2D eigenvalue weighted by Crippen LogP contribution is -2.62. The van der Waals surface area contributed by atoms with Crippen LogP contribution in [0.25, 0.3) is 0 Å². The fourth-order valence-electron chi connectivity index (χ4n) is 22.0. The van der Waals surface area contributed by atoms with Crippen LogP contribution in [-0.2, 0) is 33.0 Å². The van der Waals surface area contributed by atoms with Gasteiger partial charge in [0.25, 0.3) is 0 Å². The van der Waals surface area contributed by atoms with Crippen molar-refractivity contribution in [1.29, 1.82) is 0 Å². The van der Waals surface area contributed by atoms with E-state index >= 15 is 0 Å². The molecule has 692 valence electrons. The van der Waals surface area contributed by atoms with Crippen molar-refractivity contribution in [2.24, 2.45) is 5.92 Å². The number of anilines is 6. The number of nitrogens with zero attached hydrogens (tertiary/aromatic N) is 9. The van der Waals surface area contributed by atoms with Gasteiger partial charge in [-0.2, -0.15) is 0 Å². The number of carbonyl (C=O) groups is 1. The van der Waals surface area contributed by atoms with Gasteiger partial charge in [-0.1, -0.05) is 167 Å². The molecule has 3 saturated heterocycles. The van der Waals surface area contributed by atoms with Gasteiger partial charge in [-0.05, 0) is 330 Å². The molecule has 0 bridgehead atoms. The van der Waals surface area contributed by atoms with Gasteiger partial charge in [-0.25, -0.2) is 4.79 Å². The average Bonchev–Trinajstić information content (AvgIpc) is 1.51. The van der Waals surface area contributed by atoms with E-state index in [0.29, 0.717) is 28.7 Å². The van der Waals surface area contributed by atoms with Crippen LogP contribution in [0.1, 0.15) is 296 Å². The van der Waals surface area contributed by atoms with Crippen molar-refractivity contribution in [2.45, 2.75) is 342 Å². The molecular formula is C112H170N10O4. The van der Waals surface area contributed by atoms with Crippen LogP contribution >= 0.6 is 0 Å². The van der Waals surface area contributed by atoms with Crippen LogP contribution in [0.5, 0.6) is 5.75 Å². The molecule has 10 aliphatic rings. The van der Waals surface area contributed by atoms with Crippen molar-refractivity contribution >= 4 is 40.2 Å². The predicted octanol–water partition coefficient (Wildman–Crippen LogP) is 24.7. The molecular weight excluding hydrogens is 1550 g/mol. The number of nitrogens with one attached hydrogen (secondary N) is 1. The number of aryl methyl sites for hydroxylation is 1. The van der Waals surface area contributed by atoms with E-state index in [-0.39, 0.29) is 56.3 Å². The summed E-state index contributed by atoms with van der Waals surface area (Å²) >= 11 is 0. The van der Waals surface area contributed by atoms with Crippen LogP contribution in [0.15, 0.2) is 176 Å². The van der Waals surface area contributed by atoms with Crippen LogP contribution in [-0.4, -0.2) is 176 Å². The van der Waals surface area contributed by atoms with Crippen molar-refractivity contribution in [3.8, 4) is 5.75 Å². The number of hydrogen-bond donors (Lipinski definition) is 2. The molecule has 0 aromatic heterocycles. The third-order valence-electron chi connectivity index (χ3n) is 29.0. The first-order chi connectivity index (χ1) is 59.1. The topological polar surface area (TPSA) is 96.9 Å². The summed E-state index contributed by atoms with van der Waals surface area (Å²) in [6.45, 7) is 73.7. The Bertz CT molecular complexity index is 4540. The molecule has 17 rings (SSSR count). The van der Waals surface area contributed by atoms with E-state index in [4.69, 9.17) is 9.47 Å². The number of ether oxygens (including phenoxy) is 2. The van der Waals surface area contributed by atoms with Gasteiger partial charge in [-0.15, -0.1) is 0 Å². The Balaban J connectivity index is 0.000000144. The highest BCUT2D eigenvalue weighted by Gasteiger charge is 2.53. The van der Waals surface area contributed by atoms with Crippen LogP contribution in [0.2, 0.25) is 0 Å². The molecule has 1 saturated carbocycles. The van der Waals surface area contributed by atoms with E-state index in [1.165, 1.54) is 147 Å². The first kappa shape index (κ1) is 98.8. The van der Waals surface area contributed by atoms with Gasteiger partial charge in [-0.3, -0.25) is 4.90 Å². The van der Waals surface area contributed by atoms with E-state index in [0.717, 1.165) is 96.0 Å². The number of fused-ring (bicyclic) bond motifs is 9. The normalized spacial score (nSPS) is 21.9. The molecule has 14 heteroatoms. The molecule has 4 atom stereocenters. The highest BCUT2D eigenvalue weighted by Crippen LogP contribution is 2.53. The lowest BCUT2D eigenvalue weighted by Gasteiger charge is -2.56.